The lowest BCUT2D eigenvalue weighted by Gasteiger charge is -2.15. The molecule has 0 bridgehead atoms. The van der Waals surface area contributed by atoms with Gasteiger partial charge in [-0.2, -0.15) is 14.6 Å². The Labute approximate surface area is 154 Å². The van der Waals surface area contributed by atoms with E-state index < -0.39 is 0 Å². The van der Waals surface area contributed by atoms with Gasteiger partial charge in [0.2, 0.25) is 5.95 Å². The third-order valence-corrected chi connectivity index (χ3v) is 5.33. The smallest absolute Gasteiger partial charge is 0.232 e. The molecule has 136 valence electrons. The van der Waals surface area contributed by atoms with Crippen LogP contribution in [0.3, 0.4) is 0 Å². The third kappa shape index (κ3) is 3.18. The molecule has 1 aromatic carbocycles. The van der Waals surface area contributed by atoms with Gasteiger partial charge in [0, 0.05) is 11.3 Å². The van der Waals surface area contributed by atoms with E-state index in [2.05, 4.69) is 54.4 Å². The second-order valence-electron chi connectivity index (χ2n) is 7.61. The quantitative estimate of drug-likeness (QED) is 0.674. The summed E-state index contributed by atoms with van der Waals surface area (Å²) in [5, 5.41) is 8.11. The Morgan fingerprint density at radius 2 is 2.00 bits per heavy atom. The van der Waals surface area contributed by atoms with E-state index in [1.54, 1.807) is 0 Å². The van der Waals surface area contributed by atoms with Crippen LogP contribution in [0.2, 0.25) is 0 Å². The Hall–Kier alpha value is -2.43. The summed E-state index contributed by atoms with van der Waals surface area (Å²) in [6.45, 7) is 8.43. The highest BCUT2D eigenvalue weighted by Crippen LogP contribution is 2.46. The summed E-state index contributed by atoms with van der Waals surface area (Å²) < 4.78 is 1.87. The van der Waals surface area contributed by atoms with Crippen LogP contribution in [-0.2, 0) is 0 Å². The van der Waals surface area contributed by atoms with Crippen molar-refractivity contribution in [2.24, 2.45) is 5.92 Å². The van der Waals surface area contributed by atoms with Crippen molar-refractivity contribution in [2.45, 2.75) is 59.3 Å². The highest BCUT2D eigenvalue weighted by atomic mass is 15.3. The van der Waals surface area contributed by atoms with Crippen LogP contribution in [0, 0.1) is 26.7 Å². The van der Waals surface area contributed by atoms with Gasteiger partial charge >= 0.3 is 0 Å². The van der Waals surface area contributed by atoms with Crippen molar-refractivity contribution in [3.63, 3.8) is 0 Å². The van der Waals surface area contributed by atoms with Gasteiger partial charge < -0.3 is 5.32 Å². The molecule has 2 aromatic heterocycles. The first-order valence-corrected chi connectivity index (χ1v) is 9.63. The minimum Gasteiger partial charge on any atom is -0.324 e. The average Bonchev–Trinajstić information content (AvgIpc) is 3.35. The normalized spacial score (nSPS) is 15.4. The van der Waals surface area contributed by atoms with E-state index in [0.29, 0.717) is 5.92 Å². The lowest BCUT2D eigenvalue weighted by molar-refractivity contribution is 0.552. The molecule has 1 aliphatic rings. The molecule has 0 amide bonds. The second-order valence-corrected chi connectivity index (χ2v) is 7.61. The molecule has 1 aliphatic carbocycles. The third-order valence-electron chi connectivity index (χ3n) is 5.33. The van der Waals surface area contributed by atoms with Crippen molar-refractivity contribution in [1.29, 1.82) is 0 Å². The number of nitrogens with zero attached hydrogens (tertiary/aromatic N) is 4. The molecule has 1 N–H and O–H groups in total. The predicted octanol–water partition coefficient (Wildman–Crippen LogP) is 5.09. The Morgan fingerprint density at radius 3 is 2.69 bits per heavy atom. The maximum atomic E-state index is 4.74. The molecule has 4 rings (SSSR count). The number of rotatable bonds is 6. The fraction of sp³-hybridized carbons (Fsp3) is 0.476. The molecule has 1 atom stereocenters. The van der Waals surface area contributed by atoms with Crippen LogP contribution >= 0.6 is 0 Å². The van der Waals surface area contributed by atoms with Crippen molar-refractivity contribution in [2.75, 3.05) is 5.32 Å². The molecule has 26 heavy (non-hydrogen) atoms. The number of fused-ring (bicyclic) bond motifs is 1. The van der Waals surface area contributed by atoms with E-state index in [-0.39, 0.29) is 0 Å². The molecule has 0 radical (unpaired) electrons. The van der Waals surface area contributed by atoms with Crippen LogP contribution < -0.4 is 5.32 Å². The number of aryl methyl sites for hydroxylation is 3. The molecule has 0 aliphatic heterocycles. The number of aromatic nitrogens is 4. The number of hydrogen-bond acceptors (Lipinski definition) is 4. The summed E-state index contributed by atoms with van der Waals surface area (Å²) in [6, 6.07) is 6.38. The van der Waals surface area contributed by atoms with E-state index >= 15 is 0 Å². The van der Waals surface area contributed by atoms with Gasteiger partial charge in [-0.3, -0.25) is 0 Å². The van der Waals surface area contributed by atoms with Gasteiger partial charge in [-0.15, -0.1) is 0 Å². The van der Waals surface area contributed by atoms with E-state index in [1.165, 1.54) is 42.4 Å². The Morgan fingerprint density at radius 1 is 1.19 bits per heavy atom. The van der Waals surface area contributed by atoms with Gasteiger partial charge in [0.15, 0.2) is 5.65 Å². The zero-order chi connectivity index (χ0) is 18.3. The van der Waals surface area contributed by atoms with Gasteiger partial charge in [0.1, 0.15) is 5.82 Å². The van der Waals surface area contributed by atoms with Crippen LogP contribution in [0.15, 0.2) is 24.4 Å². The fourth-order valence-electron chi connectivity index (χ4n) is 3.87. The highest BCUT2D eigenvalue weighted by molar-refractivity contribution is 5.62. The minimum atomic E-state index is 0.570. The molecule has 2 heterocycles. The molecule has 1 unspecified atom stereocenters. The number of anilines is 2. The number of hydrogen-bond donors (Lipinski definition) is 1. The Bertz CT molecular complexity index is 939. The van der Waals surface area contributed by atoms with Gasteiger partial charge in [-0.25, -0.2) is 4.98 Å². The van der Waals surface area contributed by atoms with Crippen molar-refractivity contribution >= 4 is 17.3 Å². The standard InChI is InChI=1S/C21H27N5/c1-5-6-17(16-8-9-16)18-12-22-26-20(18)23-15(4)24-21(26)25-19-10-7-13(2)11-14(19)3/h7,10-12,16-17H,5-6,8-9H2,1-4H3,(H,23,24,25). The molecule has 1 fully saturated rings. The van der Waals surface area contributed by atoms with E-state index in [1.807, 2.05) is 17.6 Å². The highest BCUT2D eigenvalue weighted by Gasteiger charge is 2.34. The Balaban J connectivity index is 1.76. The van der Waals surface area contributed by atoms with Crippen LogP contribution in [0.25, 0.3) is 5.65 Å². The molecule has 5 heteroatoms. The molecule has 1 saturated carbocycles. The molecular weight excluding hydrogens is 322 g/mol. The van der Waals surface area contributed by atoms with Gasteiger partial charge in [-0.1, -0.05) is 31.0 Å². The number of benzene rings is 1. The minimum absolute atomic E-state index is 0.570. The largest absolute Gasteiger partial charge is 0.324 e. The van der Waals surface area contributed by atoms with Gasteiger partial charge in [0.25, 0.3) is 0 Å². The zero-order valence-electron chi connectivity index (χ0n) is 16.1. The topological polar surface area (TPSA) is 55.1 Å². The lowest BCUT2D eigenvalue weighted by Crippen LogP contribution is -2.08. The molecule has 3 aromatic rings. The summed E-state index contributed by atoms with van der Waals surface area (Å²) in [5.41, 5.74) is 5.74. The maximum absolute atomic E-state index is 4.74. The summed E-state index contributed by atoms with van der Waals surface area (Å²) in [7, 11) is 0. The maximum Gasteiger partial charge on any atom is 0.232 e. The van der Waals surface area contributed by atoms with E-state index in [9.17, 15) is 0 Å². The van der Waals surface area contributed by atoms with Gasteiger partial charge in [0.05, 0.1) is 6.20 Å². The van der Waals surface area contributed by atoms with Crippen LogP contribution in [0.1, 0.15) is 61.0 Å². The van der Waals surface area contributed by atoms with Crippen LogP contribution in [0.5, 0.6) is 0 Å². The monoisotopic (exact) mass is 349 g/mol. The first-order chi connectivity index (χ1) is 12.6. The number of nitrogens with one attached hydrogen (secondary N) is 1. The molecule has 5 nitrogen and oxygen atoms in total. The van der Waals surface area contributed by atoms with Gasteiger partial charge in [-0.05, 0) is 63.5 Å². The van der Waals surface area contributed by atoms with E-state index in [4.69, 9.17) is 4.98 Å². The molecule has 0 saturated heterocycles. The summed E-state index contributed by atoms with van der Waals surface area (Å²) in [4.78, 5) is 9.35. The van der Waals surface area contributed by atoms with Crippen molar-refractivity contribution in [3.8, 4) is 0 Å². The van der Waals surface area contributed by atoms with E-state index in [0.717, 1.165) is 29.0 Å². The second kappa shape index (κ2) is 6.71. The summed E-state index contributed by atoms with van der Waals surface area (Å²) in [5.74, 6) is 2.88. The predicted molar refractivity (Wildman–Crippen MR) is 105 cm³/mol. The molecule has 0 spiro atoms. The summed E-state index contributed by atoms with van der Waals surface area (Å²) >= 11 is 0. The zero-order valence-corrected chi connectivity index (χ0v) is 16.1. The first kappa shape index (κ1) is 17.0. The Kier molecular flexibility index (Phi) is 4.39. The first-order valence-electron chi connectivity index (χ1n) is 9.63. The van der Waals surface area contributed by atoms with Crippen molar-refractivity contribution in [1.82, 2.24) is 19.6 Å². The fourth-order valence-corrected chi connectivity index (χ4v) is 3.87. The summed E-state index contributed by atoms with van der Waals surface area (Å²) in [6.07, 6.45) is 7.07. The lowest BCUT2D eigenvalue weighted by atomic mass is 9.92. The van der Waals surface area contributed by atoms with Crippen LogP contribution in [-0.4, -0.2) is 19.6 Å². The van der Waals surface area contributed by atoms with Crippen molar-refractivity contribution in [3.05, 3.63) is 46.9 Å². The SMILES string of the molecule is CCCC(c1cnn2c(Nc3ccc(C)cc3C)nc(C)nc12)C1CC1. The van der Waals surface area contributed by atoms with Crippen LogP contribution in [0.4, 0.5) is 11.6 Å². The van der Waals surface area contributed by atoms with Crippen molar-refractivity contribution < 1.29 is 0 Å². The molecular formula is C21H27N5. The average molecular weight is 349 g/mol.